The molecule has 2 N–H and O–H groups in total. The summed E-state index contributed by atoms with van der Waals surface area (Å²) in [5.74, 6) is -0.0724. The van der Waals surface area contributed by atoms with Crippen LogP contribution in [-0.4, -0.2) is 34.5 Å². The molecule has 0 aliphatic heterocycles. The number of aromatic nitrogens is 3. The van der Waals surface area contributed by atoms with Gasteiger partial charge in [0.15, 0.2) is 0 Å². The topological polar surface area (TPSA) is 71.8 Å². The van der Waals surface area contributed by atoms with E-state index in [2.05, 4.69) is 20.8 Å². The highest BCUT2D eigenvalue weighted by molar-refractivity contribution is 5.92. The van der Waals surface area contributed by atoms with Gasteiger partial charge in [-0.3, -0.25) is 4.79 Å². The summed E-state index contributed by atoms with van der Waals surface area (Å²) in [5.41, 5.74) is 1.62. The van der Waals surface area contributed by atoms with Crippen molar-refractivity contribution in [3.05, 3.63) is 36.7 Å². The second-order valence-corrected chi connectivity index (χ2v) is 4.31. The van der Waals surface area contributed by atoms with Gasteiger partial charge in [-0.1, -0.05) is 6.92 Å². The maximum Gasteiger partial charge on any atom is 0.228 e. The van der Waals surface area contributed by atoms with Gasteiger partial charge in [0, 0.05) is 18.2 Å². The van der Waals surface area contributed by atoms with Gasteiger partial charge < -0.3 is 10.6 Å². The van der Waals surface area contributed by atoms with Crippen molar-refractivity contribution < 1.29 is 4.79 Å². The van der Waals surface area contributed by atoms with E-state index in [0.717, 1.165) is 11.4 Å². The maximum absolute atomic E-state index is 11.8. The van der Waals surface area contributed by atoms with E-state index < -0.39 is 0 Å². The Hall–Kier alpha value is -2.21. The average Bonchev–Trinajstić information content (AvgIpc) is 2.94. The second-order valence-electron chi connectivity index (χ2n) is 4.31. The van der Waals surface area contributed by atoms with E-state index in [1.165, 1.54) is 4.80 Å². The molecule has 1 aromatic carbocycles. The third-order valence-electron chi connectivity index (χ3n) is 2.74. The van der Waals surface area contributed by atoms with E-state index in [0.29, 0.717) is 6.54 Å². The lowest BCUT2D eigenvalue weighted by Crippen LogP contribution is -2.28. The van der Waals surface area contributed by atoms with Crippen molar-refractivity contribution in [1.82, 2.24) is 20.3 Å². The van der Waals surface area contributed by atoms with E-state index in [-0.39, 0.29) is 11.8 Å². The molecule has 2 rings (SSSR count). The number of nitrogens with one attached hydrogen (secondary N) is 2. The predicted molar refractivity (Wildman–Crippen MR) is 73.1 cm³/mol. The van der Waals surface area contributed by atoms with Gasteiger partial charge in [0.2, 0.25) is 5.91 Å². The summed E-state index contributed by atoms with van der Waals surface area (Å²) in [6.07, 6.45) is 3.24. The fraction of sp³-hybridized carbons (Fsp3) is 0.308. The first-order valence-electron chi connectivity index (χ1n) is 6.13. The predicted octanol–water partition coefficient (Wildman–Crippen LogP) is 1.06. The lowest BCUT2D eigenvalue weighted by Gasteiger charge is -2.11. The van der Waals surface area contributed by atoms with Gasteiger partial charge in [-0.25, -0.2) is 0 Å². The fourth-order valence-electron chi connectivity index (χ4n) is 1.69. The number of carbonyl (C=O) groups excluding carboxylic acids is 1. The van der Waals surface area contributed by atoms with Crippen LogP contribution in [0, 0.1) is 5.92 Å². The summed E-state index contributed by atoms with van der Waals surface area (Å²) >= 11 is 0. The summed E-state index contributed by atoms with van der Waals surface area (Å²) in [7, 11) is 1.83. The number of nitrogens with zero attached hydrogens (tertiary/aromatic N) is 3. The number of amides is 1. The minimum absolute atomic E-state index is 0.000635. The quantitative estimate of drug-likeness (QED) is 0.842. The van der Waals surface area contributed by atoms with Crippen molar-refractivity contribution in [3.8, 4) is 5.69 Å². The first kappa shape index (κ1) is 13.2. The highest BCUT2D eigenvalue weighted by atomic mass is 16.1. The minimum atomic E-state index is -0.0718. The van der Waals surface area contributed by atoms with Crippen LogP contribution in [-0.2, 0) is 4.79 Å². The molecule has 0 spiro atoms. The molecular formula is C13H17N5O. The van der Waals surface area contributed by atoms with Gasteiger partial charge in [0.05, 0.1) is 18.1 Å². The molecule has 0 aliphatic carbocycles. The van der Waals surface area contributed by atoms with Crippen LogP contribution in [0.1, 0.15) is 6.92 Å². The second kappa shape index (κ2) is 6.10. The number of anilines is 1. The molecule has 0 radical (unpaired) electrons. The molecule has 1 heterocycles. The molecule has 1 unspecified atom stereocenters. The third-order valence-corrected chi connectivity index (χ3v) is 2.74. The van der Waals surface area contributed by atoms with E-state index in [1.807, 2.05) is 38.2 Å². The average molecular weight is 259 g/mol. The van der Waals surface area contributed by atoms with Crippen molar-refractivity contribution >= 4 is 11.6 Å². The lowest BCUT2D eigenvalue weighted by molar-refractivity contribution is -0.119. The smallest absolute Gasteiger partial charge is 0.228 e. The van der Waals surface area contributed by atoms with Crippen LogP contribution in [0.15, 0.2) is 36.7 Å². The number of benzene rings is 1. The summed E-state index contributed by atoms with van der Waals surface area (Å²) in [5, 5.41) is 13.9. The molecule has 6 heteroatoms. The van der Waals surface area contributed by atoms with Crippen LogP contribution in [0.5, 0.6) is 0 Å². The van der Waals surface area contributed by atoms with Crippen molar-refractivity contribution in [2.45, 2.75) is 6.92 Å². The number of carbonyl (C=O) groups is 1. The Bertz CT molecular complexity index is 520. The standard InChI is InChI=1S/C13H17N5O/c1-10(9-14-2)13(19)17-11-3-5-12(6-4-11)18-15-7-8-16-18/h3-8,10,14H,9H2,1-2H3,(H,17,19). The highest BCUT2D eigenvalue weighted by Crippen LogP contribution is 2.12. The summed E-state index contributed by atoms with van der Waals surface area (Å²) in [6.45, 7) is 2.54. The van der Waals surface area contributed by atoms with E-state index in [1.54, 1.807) is 12.4 Å². The Morgan fingerprint density at radius 1 is 1.26 bits per heavy atom. The monoisotopic (exact) mass is 259 g/mol. The van der Waals surface area contributed by atoms with Gasteiger partial charge in [0.25, 0.3) is 0 Å². The lowest BCUT2D eigenvalue weighted by atomic mass is 10.1. The van der Waals surface area contributed by atoms with Gasteiger partial charge in [-0.15, -0.1) is 0 Å². The molecule has 19 heavy (non-hydrogen) atoms. The SMILES string of the molecule is CNCC(C)C(=O)Nc1ccc(-n2nccn2)cc1. The van der Waals surface area contributed by atoms with Crippen LogP contribution in [0.25, 0.3) is 5.69 Å². The Labute approximate surface area is 111 Å². The van der Waals surface area contributed by atoms with Gasteiger partial charge >= 0.3 is 0 Å². The van der Waals surface area contributed by atoms with Crippen LogP contribution < -0.4 is 10.6 Å². The van der Waals surface area contributed by atoms with E-state index >= 15 is 0 Å². The fourth-order valence-corrected chi connectivity index (χ4v) is 1.69. The summed E-state index contributed by atoms with van der Waals surface area (Å²) < 4.78 is 0. The minimum Gasteiger partial charge on any atom is -0.326 e. The Morgan fingerprint density at radius 3 is 2.47 bits per heavy atom. The molecule has 6 nitrogen and oxygen atoms in total. The molecule has 0 fully saturated rings. The van der Waals surface area contributed by atoms with Gasteiger partial charge in [-0.05, 0) is 31.3 Å². The molecule has 100 valence electrons. The van der Waals surface area contributed by atoms with Crippen molar-refractivity contribution in [1.29, 1.82) is 0 Å². The van der Waals surface area contributed by atoms with Crippen molar-refractivity contribution in [2.75, 3.05) is 18.9 Å². The van der Waals surface area contributed by atoms with Crippen LogP contribution >= 0.6 is 0 Å². The summed E-state index contributed by atoms with van der Waals surface area (Å²) in [4.78, 5) is 13.4. The molecule has 1 amide bonds. The van der Waals surface area contributed by atoms with Crippen molar-refractivity contribution in [2.24, 2.45) is 5.92 Å². The Kier molecular flexibility index (Phi) is 4.25. The van der Waals surface area contributed by atoms with E-state index in [4.69, 9.17) is 0 Å². The molecule has 0 saturated carbocycles. The molecule has 2 aromatic rings. The zero-order valence-electron chi connectivity index (χ0n) is 11.0. The van der Waals surface area contributed by atoms with Gasteiger partial charge in [-0.2, -0.15) is 15.0 Å². The largest absolute Gasteiger partial charge is 0.326 e. The number of hydrogen-bond donors (Lipinski definition) is 2. The number of hydrogen-bond acceptors (Lipinski definition) is 4. The van der Waals surface area contributed by atoms with Gasteiger partial charge in [0.1, 0.15) is 0 Å². The highest BCUT2D eigenvalue weighted by Gasteiger charge is 2.11. The zero-order chi connectivity index (χ0) is 13.7. The van der Waals surface area contributed by atoms with E-state index in [9.17, 15) is 4.79 Å². The van der Waals surface area contributed by atoms with Crippen molar-refractivity contribution in [3.63, 3.8) is 0 Å². The molecular weight excluding hydrogens is 242 g/mol. The van der Waals surface area contributed by atoms with Crippen LogP contribution in [0.2, 0.25) is 0 Å². The first-order chi connectivity index (χ1) is 9.20. The first-order valence-corrected chi connectivity index (χ1v) is 6.13. The normalized spacial score (nSPS) is 12.1. The molecule has 0 saturated heterocycles. The maximum atomic E-state index is 11.8. The molecule has 0 aliphatic rings. The molecule has 0 bridgehead atoms. The molecule has 1 aromatic heterocycles. The van der Waals surface area contributed by atoms with Crippen LogP contribution in [0.3, 0.4) is 0 Å². The molecule has 1 atom stereocenters. The summed E-state index contributed by atoms with van der Waals surface area (Å²) in [6, 6.07) is 7.39. The third kappa shape index (κ3) is 3.38. The van der Waals surface area contributed by atoms with Crippen LogP contribution in [0.4, 0.5) is 5.69 Å². The Morgan fingerprint density at radius 2 is 1.89 bits per heavy atom. The zero-order valence-corrected chi connectivity index (χ0v) is 11.0. The Balaban J connectivity index is 2.01. The number of rotatable bonds is 5.